The number of amidine groups is 1. The third-order valence-electron chi connectivity index (χ3n) is 2.87. The fourth-order valence-electron chi connectivity index (χ4n) is 2.04. The number of ether oxygens (including phenoxy) is 1. The molecule has 0 saturated heterocycles. The van der Waals surface area contributed by atoms with Gasteiger partial charge in [0.15, 0.2) is 0 Å². The minimum Gasteiger partial charge on any atom is -0.492 e. The molecule has 0 radical (unpaired) electrons. The Balaban J connectivity index is 2.90. The van der Waals surface area contributed by atoms with E-state index < -0.39 is 0 Å². The molecule has 100 valence electrons. The fourth-order valence-corrected chi connectivity index (χ4v) is 2.04. The third kappa shape index (κ3) is 3.72. The van der Waals surface area contributed by atoms with Gasteiger partial charge in [0.2, 0.25) is 0 Å². The normalized spacial score (nSPS) is 12.2. The van der Waals surface area contributed by atoms with Crippen LogP contribution in [-0.4, -0.2) is 17.4 Å². The Morgan fingerprint density at radius 3 is 2.72 bits per heavy atom. The van der Waals surface area contributed by atoms with Crippen LogP contribution < -0.4 is 10.5 Å². The van der Waals surface area contributed by atoms with Crippen LogP contribution >= 0.6 is 0 Å². The van der Waals surface area contributed by atoms with E-state index in [1.54, 1.807) is 0 Å². The Morgan fingerprint density at radius 2 is 2.17 bits per heavy atom. The van der Waals surface area contributed by atoms with Gasteiger partial charge in [-0.25, -0.2) is 0 Å². The molecule has 1 unspecified atom stereocenters. The highest BCUT2D eigenvalue weighted by Gasteiger charge is 2.13. The average molecular weight is 249 g/mol. The van der Waals surface area contributed by atoms with Gasteiger partial charge in [0, 0.05) is 11.8 Å². The molecule has 3 N–H and O–H groups in total. The number of nitrogens with one attached hydrogen (secondary N) is 1. The molecule has 18 heavy (non-hydrogen) atoms. The SMILES string of the molecule is CCCC(C)COc1cc(C)nc(C)c1C(=N)N. The van der Waals surface area contributed by atoms with Crippen LogP contribution in [0, 0.1) is 25.2 Å². The zero-order valence-corrected chi connectivity index (χ0v) is 11.7. The number of aryl methyl sites for hydroxylation is 2. The van der Waals surface area contributed by atoms with E-state index in [4.69, 9.17) is 15.9 Å². The molecule has 4 nitrogen and oxygen atoms in total. The highest BCUT2D eigenvalue weighted by atomic mass is 16.5. The Kier molecular flexibility index (Phi) is 5.13. The van der Waals surface area contributed by atoms with Crippen LogP contribution in [0.15, 0.2) is 6.07 Å². The first-order valence-electron chi connectivity index (χ1n) is 6.41. The van der Waals surface area contributed by atoms with E-state index in [1.165, 1.54) is 0 Å². The van der Waals surface area contributed by atoms with Crippen molar-refractivity contribution in [1.29, 1.82) is 5.41 Å². The number of hydrogen-bond acceptors (Lipinski definition) is 3. The summed E-state index contributed by atoms with van der Waals surface area (Å²) in [6, 6.07) is 1.85. The molecular formula is C14H23N3O. The van der Waals surface area contributed by atoms with Crippen LogP contribution in [-0.2, 0) is 0 Å². The van der Waals surface area contributed by atoms with Crippen molar-refractivity contribution in [3.8, 4) is 5.75 Å². The molecule has 0 aliphatic heterocycles. The van der Waals surface area contributed by atoms with E-state index >= 15 is 0 Å². The van der Waals surface area contributed by atoms with Gasteiger partial charge in [0.25, 0.3) is 0 Å². The maximum absolute atomic E-state index is 7.61. The number of nitrogens with zero attached hydrogens (tertiary/aromatic N) is 1. The van der Waals surface area contributed by atoms with E-state index in [-0.39, 0.29) is 5.84 Å². The minimum atomic E-state index is 0.0122. The van der Waals surface area contributed by atoms with Crippen LogP contribution in [0.25, 0.3) is 0 Å². The monoisotopic (exact) mass is 249 g/mol. The van der Waals surface area contributed by atoms with E-state index in [2.05, 4.69) is 18.8 Å². The number of rotatable bonds is 6. The number of pyridine rings is 1. The first kappa shape index (κ1) is 14.5. The van der Waals surface area contributed by atoms with Gasteiger partial charge < -0.3 is 10.5 Å². The van der Waals surface area contributed by atoms with Crippen molar-refractivity contribution in [2.75, 3.05) is 6.61 Å². The third-order valence-corrected chi connectivity index (χ3v) is 2.87. The van der Waals surface area contributed by atoms with E-state index in [0.717, 1.165) is 24.2 Å². The molecule has 0 amide bonds. The molecule has 1 atom stereocenters. The second kappa shape index (κ2) is 6.38. The van der Waals surface area contributed by atoms with Crippen molar-refractivity contribution in [1.82, 2.24) is 4.98 Å². The molecule has 1 aromatic rings. The molecule has 0 aromatic carbocycles. The van der Waals surface area contributed by atoms with Crippen molar-refractivity contribution in [2.24, 2.45) is 11.7 Å². The van der Waals surface area contributed by atoms with Crippen molar-refractivity contribution < 1.29 is 4.74 Å². The largest absolute Gasteiger partial charge is 0.492 e. The topological polar surface area (TPSA) is 72.0 Å². The quantitative estimate of drug-likeness (QED) is 0.601. The molecule has 0 bridgehead atoms. The first-order valence-corrected chi connectivity index (χ1v) is 6.41. The van der Waals surface area contributed by atoms with Crippen LogP contribution in [0.5, 0.6) is 5.75 Å². The summed E-state index contributed by atoms with van der Waals surface area (Å²) in [4.78, 5) is 4.32. The van der Waals surface area contributed by atoms with Crippen molar-refractivity contribution in [3.63, 3.8) is 0 Å². The van der Waals surface area contributed by atoms with Crippen LogP contribution in [0.3, 0.4) is 0 Å². The molecule has 0 fully saturated rings. The number of hydrogen-bond donors (Lipinski definition) is 2. The lowest BCUT2D eigenvalue weighted by Gasteiger charge is -2.16. The predicted molar refractivity (Wildman–Crippen MR) is 74.3 cm³/mol. The summed E-state index contributed by atoms with van der Waals surface area (Å²) in [6.45, 7) is 8.75. The van der Waals surface area contributed by atoms with Gasteiger partial charge in [-0.2, -0.15) is 0 Å². The smallest absolute Gasteiger partial charge is 0.133 e. The number of nitrogen functional groups attached to an aromatic ring is 1. The molecule has 0 aliphatic rings. The van der Waals surface area contributed by atoms with E-state index in [9.17, 15) is 0 Å². The molecule has 1 heterocycles. The zero-order valence-electron chi connectivity index (χ0n) is 11.7. The highest BCUT2D eigenvalue weighted by Crippen LogP contribution is 2.22. The maximum Gasteiger partial charge on any atom is 0.133 e. The second-order valence-electron chi connectivity index (χ2n) is 4.84. The molecule has 1 aromatic heterocycles. The highest BCUT2D eigenvalue weighted by molar-refractivity contribution is 5.98. The van der Waals surface area contributed by atoms with Gasteiger partial charge >= 0.3 is 0 Å². The van der Waals surface area contributed by atoms with Gasteiger partial charge in [-0.15, -0.1) is 0 Å². The van der Waals surface area contributed by atoms with E-state index in [1.807, 2.05) is 19.9 Å². The van der Waals surface area contributed by atoms with Crippen LogP contribution in [0.4, 0.5) is 0 Å². The second-order valence-corrected chi connectivity index (χ2v) is 4.84. The summed E-state index contributed by atoms with van der Waals surface area (Å²) in [5, 5.41) is 7.61. The van der Waals surface area contributed by atoms with Crippen LogP contribution in [0.2, 0.25) is 0 Å². The van der Waals surface area contributed by atoms with Gasteiger partial charge in [-0.05, 0) is 26.2 Å². The fraction of sp³-hybridized carbons (Fsp3) is 0.571. The predicted octanol–water partition coefficient (Wildman–Crippen LogP) is 2.80. The molecule has 4 heteroatoms. The van der Waals surface area contributed by atoms with Gasteiger partial charge in [-0.1, -0.05) is 20.3 Å². The Labute approximate surface area is 109 Å². The molecule has 0 saturated carbocycles. The molecular weight excluding hydrogens is 226 g/mol. The maximum atomic E-state index is 7.61. The molecule has 0 aliphatic carbocycles. The summed E-state index contributed by atoms with van der Waals surface area (Å²) in [5.74, 6) is 1.19. The van der Waals surface area contributed by atoms with E-state index in [0.29, 0.717) is 23.8 Å². The standard InChI is InChI=1S/C14H23N3O/c1-5-6-9(2)8-18-12-7-10(3)17-11(4)13(12)14(15)16/h7,9H,5-6,8H2,1-4H3,(H3,15,16). The van der Waals surface area contributed by atoms with Crippen molar-refractivity contribution in [3.05, 3.63) is 23.0 Å². The zero-order chi connectivity index (χ0) is 13.7. The summed E-state index contributed by atoms with van der Waals surface area (Å²) >= 11 is 0. The number of aromatic nitrogens is 1. The number of nitrogens with two attached hydrogens (primary N) is 1. The molecule has 1 rings (SSSR count). The van der Waals surface area contributed by atoms with Crippen molar-refractivity contribution >= 4 is 5.84 Å². The van der Waals surface area contributed by atoms with Gasteiger partial charge in [0.1, 0.15) is 11.6 Å². The summed E-state index contributed by atoms with van der Waals surface area (Å²) < 4.78 is 5.81. The van der Waals surface area contributed by atoms with Crippen LogP contribution in [0.1, 0.15) is 43.6 Å². The van der Waals surface area contributed by atoms with Gasteiger partial charge in [0.05, 0.1) is 17.9 Å². The first-order chi connectivity index (χ1) is 8.45. The Morgan fingerprint density at radius 1 is 1.50 bits per heavy atom. The lowest BCUT2D eigenvalue weighted by atomic mass is 10.1. The summed E-state index contributed by atoms with van der Waals surface area (Å²) in [7, 11) is 0. The summed E-state index contributed by atoms with van der Waals surface area (Å²) in [5.41, 5.74) is 7.84. The Hall–Kier alpha value is -1.58. The van der Waals surface area contributed by atoms with Gasteiger partial charge in [-0.3, -0.25) is 10.4 Å². The average Bonchev–Trinajstić information content (AvgIpc) is 2.25. The lowest BCUT2D eigenvalue weighted by molar-refractivity contribution is 0.250. The Bertz CT molecular complexity index is 429. The summed E-state index contributed by atoms with van der Waals surface area (Å²) in [6.07, 6.45) is 2.29. The van der Waals surface area contributed by atoms with Crippen molar-refractivity contribution in [2.45, 2.75) is 40.5 Å². The minimum absolute atomic E-state index is 0.0122. The lowest BCUT2D eigenvalue weighted by Crippen LogP contribution is -2.18. The molecule has 0 spiro atoms.